The second-order valence-electron chi connectivity index (χ2n) is 6.23. The maximum absolute atomic E-state index is 12.1. The first kappa shape index (κ1) is 19.2. The summed E-state index contributed by atoms with van der Waals surface area (Å²) in [5, 5.41) is 8.37. The average Bonchev–Trinajstić information content (AvgIpc) is 3.00. The van der Waals surface area contributed by atoms with Gasteiger partial charge in [-0.15, -0.1) is 11.3 Å². The maximum Gasteiger partial charge on any atom is 0.407 e. The van der Waals surface area contributed by atoms with E-state index < -0.39 is 11.7 Å². The highest BCUT2D eigenvalue weighted by molar-refractivity contribution is 7.13. The van der Waals surface area contributed by atoms with E-state index in [-0.39, 0.29) is 19.0 Å². The maximum atomic E-state index is 12.1. The summed E-state index contributed by atoms with van der Waals surface area (Å²) in [6.07, 6.45) is -0.513. The summed E-state index contributed by atoms with van der Waals surface area (Å²) in [4.78, 5) is 27.9. The van der Waals surface area contributed by atoms with Crippen molar-refractivity contribution >= 4 is 34.9 Å². The normalized spacial score (nSPS) is 11.0. The van der Waals surface area contributed by atoms with Crippen molar-refractivity contribution in [3.05, 3.63) is 40.4 Å². The van der Waals surface area contributed by atoms with E-state index in [9.17, 15) is 9.59 Å². The van der Waals surface area contributed by atoms with Crippen LogP contribution in [-0.4, -0.2) is 35.7 Å². The van der Waals surface area contributed by atoms with E-state index in [4.69, 9.17) is 16.3 Å². The van der Waals surface area contributed by atoms with Crippen LogP contribution in [0, 0.1) is 0 Å². The van der Waals surface area contributed by atoms with Gasteiger partial charge in [0.25, 0.3) is 5.91 Å². The standard InChI is InChI=1S/C17H20ClN3O3S/c1-17(2,3)24-16(23)20-9-8-19-14(22)13-10-25-15(21-13)11-4-6-12(18)7-5-11/h4-7,10H,8-9H2,1-3H3,(H,19,22)(H,20,23). The summed E-state index contributed by atoms with van der Waals surface area (Å²) in [7, 11) is 0. The molecule has 1 heterocycles. The van der Waals surface area contributed by atoms with Gasteiger partial charge in [-0.2, -0.15) is 0 Å². The van der Waals surface area contributed by atoms with Crippen LogP contribution >= 0.6 is 22.9 Å². The first-order valence-corrected chi connectivity index (χ1v) is 8.97. The number of benzene rings is 1. The van der Waals surface area contributed by atoms with Gasteiger partial charge in [0, 0.05) is 29.1 Å². The van der Waals surface area contributed by atoms with Crippen molar-refractivity contribution in [2.24, 2.45) is 0 Å². The van der Waals surface area contributed by atoms with Crippen LogP contribution in [-0.2, 0) is 4.74 Å². The molecular weight excluding hydrogens is 362 g/mol. The van der Waals surface area contributed by atoms with E-state index in [0.717, 1.165) is 10.6 Å². The highest BCUT2D eigenvalue weighted by Gasteiger charge is 2.16. The van der Waals surface area contributed by atoms with Crippen molar-refractivity contribution in [1.29, 1.82) is 0 Å². The third kappa shape index (κ3) is 6.36. The minimum absolute atomic E-state index is 0.273. The first-order chi connectivity index (χ1) is 11.7. The van der Waals surface area contributed by atoms with Crippen LogP contribution in [0.1, 0.15) is 31.3 Å². The molecule has 0 fully saturated rings. The van der Waals surface area contributed by atoms with E-state index in [1.165, 1.54) is 11.3 Å². The smallest absolute Gasteiger partial charge is 0.407 e. The number of thiazole rings is 1. The van der Waals surface area contributed by atoms with E-state index in [1.54, 1.807) is 38.3 Å². The molecule has 0 aliphatic carbocycles. The number of alkyl carbamates (subject to hydrolysis) is 1. The Morgan fingerprint density at radius 1 is 1.16 bits per heavy atom. The molecule has 0 atom stereocenters. The number of amides is 2. The summed E-state index contributed by atoms with van der Waals surface area (Å²) < 4.78 is 5.11. The van der Waals surface area contributed by atoms with Crippen LogP contribution < -0.4 is 10.6 Å². The number of nitrogens with zero attached hydrogens (tertiary/aromatic N) is 1. The lowest BCUT2D eigenvalue weighted by Crippen LogP contribution is -2.37. The van der Waals surface area contributed by atoms with E-state index in [2.05, 4.69) is 15.6 Å². The molecule has 25 heavy (non-hydrogen) atoms. The molecule has 0 aliphatic rings. The second kappa shape index (κ2) is 8.31. The number of hydrogen-bond acceptors (Lipinski definition) is 5. The molecule has 0 radical (unpaired) electrons. The fourth-order valence-electron chi connectivity index (χ4n) is 1.85. The molecule has 0 saturated carbocycles. The average molecular weight is 382 g/mol. The number of nitrogens with one attached hydrogen (secondary N) is 2. The zero-order valence-corrected chi connectivity index (χ0v) is 15.8. The van der Waals surface area contributed by atoms with Gasteiger partial charge in [0.2, 0.25) is 0 Å². The Hall–Kier alpha value is -2.12. The molecule has 0 unspecified atom stereocenters. The van der Waals surface area contributed by atoms with Crippen LogP contribution in [0.2, 0.25) is 5.02 Å². The Morgan fingerprint density at radius 3 is 2.44 bits per heavy atom. The van der Waals surface area contributed by atoms with Crippen molar-refractivity contribution in [3.8, 4) is 10.6 Å². The van der Waals surface area contributed by atoms with Crippen molar-refractivity contribution in [2.45, 2.75) is 26.4 Å². The highest BCUT2D eigenvalue weighted by Crippen LogP contribution is 2.25. The molecule has 134 valence electrons. The minimum atomic E-state index is -0.550. The van der Waals surface area contributed by atoms with Gasteiger partial charge in [0.15, 0.2) is 0 Å². The lowest BCUT2D eigenvalue weighted by Gasteiger charge is -2.19. The fourth-order valence-corrected chi connectivity index (χ4v) is 2.78. The summed E-state index contributed by atoms with van der Waals surface area (Å²) in [5.74, 6) is -0.289. The quantitative estimate of drug-likeness (QED) is 0.773. The van der Waals surface area contributed by atoms with Gasteiger partial charge < -0.3 is 15.4 Å². The largest absolute Gasteiger partial charge is 0.444 e. The van der Waals surface area contributed by atoms with Crippen LogP contribution in [0.25, 0.3) is 10.6 Å². The zero-order valence-electron chi connectivity index (χ0n) is 14.3. The van der Waals surface area contributed by atoms with Crippen LogP contribution in [0.3, 0.4) is 0 Å². The van der Waals surface area contributed by atoms with E-state index in [0.29, 0.717) is 10.7 Å². The number of rotatable bonds is 5. The molecule has 8 heteroatoms. The van der Waals surface area contributed by atoms with E-state index in [1.807, 2.05) is 12.1 Å². The summed E-state index contributed by atoms with van der Waals surface area (Å²) >= 11 is 7.25. The van der Waals surface area contributed by atoms with Gasteiger partial charge >= 0.3 is 6.09 Å². The Kier molecular flexibility index (Phi) is 6.39. The van der Waals surface area contributed by atoms with Gasteiger partial charge in [-0.25, -0.2) is 9.78 Å². The predicted octanol–water partition coefficient (Wildman–Crippen LogP) is 3.72. The predicted molar refractivity (Wildman–Crippen MR) is 99.1 cm³/mol. The van der Waals surface area contributed by atoms with Gasteiger partial charge in [-0.1, -0.05) is 23.7 Å². The van der Waals surface area contributed by atoms with Gasteiger partial charge in [-0.3, -0.25) is 4.79 Å². The Labute approximate surface area is 155 Å². The number of hydrogen-bond donors (Lipinski definition) is 2. The lowest BCUT2D eigenvalue weighted by atomic mass is 10.2. The second-order valence-corrected chi connectivity index (χ2v) is 7.52. The monoisotopic (exact) mass is 381 g/mol. The molecule has 2 aromatic rings. The minimum Gasteiger partial charge on any atom is -0.444 e. The van der Waals surface area contributed by atoms with Crippen LogP contribution in [0.4, 0.5) is 4.79 Å². The zero-order chi connectivity index (χ0) is 18.4. The van der Waals surface area contributed by atoms with Crippen molar-refractivity contribution in [3.63, 3.8) is 0 Å². The summed E-state index contributed by atoms with van der Waals surface area (Å²) in [6.45, 7) is 5.92. The molecule has 2 rings (SSSR count). The summed E-state index contributed by atoms with van der Waals surface area (Å²) in [5.41, 5.74) is 0.693. The molecule has 2 amide bonds. The molecule has 1 aromatic carbocycles. The summed E-state index contributed by atoms with van der Waals surface area (Å²) in [6, 6.07) is 7.27. The van der Waals surface area contributed by atoms with Crippen molar-refractivity contribution < 1.29 is 14.3 Å². The number of ether oxygens (including phenoxy) is 1. The third-order valence-electron chi connectivity index (χ3n) is 2.91. The Balaban J connectivity index is 1.80. The van der Waals surface area contributed by atoms with E-state index >= 15 is 0 Å². The molecule has 0 saturated heterocycles. The van der Waals surface area contributed by atoms with Gasteiger partial charge in [0.05, 0.1) is 0 Å². The van der Waals surface area contributed by atoms with Gasteiger partial charge in [-0.05, 0) is 32.9 Å². The van der Waals surface area contributed by atoms with Crippen LogP contribution in [0.15, 0.2) is 29.6 Å². The first-order valence-electron chi connectivity index (χ1n) is 7.71. The number of carbonyl (C=O) groups excluding carboxylic acids is 2. The molecule has 0 spiro atoms. The number of aromatic nitrogens is 1. The third-order valence-corrected chi connectivity index (χ3v) is 4.05. The van der Waals surface area contributed by atoms with Crippen molar-refractivity contribution in [1.82, 2.24) is 15.6 Å². The van der Waals surface area contributed by atoms with Crippen LogP contribution in [0.5, 0.6) is 0 Å². The Bertz CT molecular complexity index is 738. The number of carbonyl (C=O) groups is 2. The highest BCUT2D eigenvalue weighted by atomic mass is 35.5. The lowest BCUT2D eigenvalue weighted by molar-refractivity contribution is 0.0526. The topological polar surface area (TPSA) is 80.3 Å². The van der Waals surface area contributed by atoms with Gasteiger partial charge in [0.1, 0.15) is 16.3 Å². The molecule has 2 N–H and O–H groups in total. The molecule has 0 bridgehead atoms. The molecule has 1 aromatic heterocycles. The molecule has 6 nitrogen and oxygen atoms in total. The SMILES string of the molecule is CC(C)(C)OC(=O)NCCNC(=O)c1csc(-c2ccc(Cl)cc2)n1. The molecular formula is C17H20ClN3O3S. The number of halogens is 1. The molecule has 0 aliphatic heterocycles. The Morgan fingerprint density at radius 2 is 1.80 bits per heavy atom. The van der Waals surface area contributed by atoms with Crippen molar-refractivity contribution in [2.75, 3.05) is 13.1 Å². The fraction of sp³-hybridized carbons (Fsp3) is 0.353.